The van der Waals surface area contributed by atoms with Gasteiger partial charge >= 0.3 is 6.03 Å². The highest BCUT2D eigenvalue weighted by atomic mass is 32.2. The monoisotopic (exact) mass is 346 g/mol. The van der Waals surface area contributed by atoms with Gasteiger partial charge in [-0.05, 0) is 51.0 Å². The third kappa shape index (κ3) is 2.44. The Morgan fingerprint density at radius 2 is 1.88 bits per heavy atom. The van der Waals surface area contributed by atoms with Gasteiger partial charge in [0.2, 0.25) is 5.84 Å². The van der Waals surface area contributed by atoms with E-state index < -0.39 is 0 Å². The lowest BCUT2D eigenvalue weighted by atomic mass is 10.0. The van der Waals surface area contributed by atoms with Crippen molar-refractivity contribution in [2.24, 2.45) is 11.7 Å². The van der Waals surface area contributed by atoms with Crippen LogP contribution in [0.2, 0.25) is 0 Å². The van der Waals surface area contributed by atoms with Crippen molar-refractivity contribution in [3.63, 3.8) is 0 Å². The summed E-state index contributed by atoms with van der Waals surface area (Å²) in [6.45, 7) is 10.1. The molecular weight excluding hydrogens is 322 g/mol. The molecule has 2 aliphatic rings. The molecule has 0 radical (unpaired) electrons. The molecule has 2 unspecified atom stereocenters. The number of amides is 2. The average Bonchev–Trinajstić information content (AvgIpc) is 2.93. The second-order valence-corrected chi connectivity index (χ2v) is 9.08. The normalized spacial score (nSPS) is 25.6. The largest absolute Gasteiger partial charge is 0.445 e. The van der Waals surface area contributed by atoms with E-state index in [1.54, 1.807) is 28.8 Å². The van der Waals surface area contributed by atoms with Gasteiger partial charge in [0.25, 0.3) is 0 Å². The molecule has 1 fully saturated rings. The summed E-state index contributed by atoms with van der Waals surface area (Å²) in [4.78, 5) is 26.5. The standard InChI is InChI=1S/C18H23N3O2S/c1-10(2)16-21-14(18(4,5)24-16)15(19)20(17(21)23)13-8-6-12(7-9-13)11(3)22/h6-10,14,16,19H,1-5H3/p+1. The van der Waals surface area contributed by atoms with Crippen molar-refractivity contribution >= 4 is 35.1 Å². The number of benzene rings is 1. The highest BCUT2D eigenvalue weighted by molar-refractivity contribution is 8.01. The van der Waals surface area contributed by atoms with Gasteiger partial charge < -0.3 is 5.73 Å². The summed E-state index contributed by atoms with van der Waals surface area (Å²) in [5.74, 6) is 0.913. The van der Waals surface area contributed by atoms with E-state index in [1.807, 2.05) is 16.7 Å². The molecule has 0 bridgehead atoms. The molecule has 24 heavy (non-hydrogen) atoms. The van der Waals surface area contributed by atoms with Crippen LogP contribution in [0.3, 0.4) is 0 Å². The number of ketones is 1. The highest BCUT2D eigenvalue weighted by Gasteiger charge is 2.62. The van der Waals surface area contributed by atoms with Crippen molar-refractivity contribution in [3.05, 3.63) is 29.8 Å². The topological polar surface area (TPSA) is 66.4 Å². The Kier molecular flexibility index (Phi) is 3.98. The number of carbonyl (C=O) groups excluding carboxylic acids is 2. The molecule has 6 heteroatoms. The minimum absolute atomic E-state index is 0.00396. The molecule has 1 saturated heterocycles. The van der Waals surface area contributed by atoms with Crippen molar-refractivity contribution in [2.45, 2.75) is 50.8 Å². The summed E-state index contributed by atoms with van der Waals surface area (Å²) in [6.07, 6.45) is 0. The second kappa shape index (κ2) is 5.62. The van der Waals surface area contributed by atoms with Crippen LogP contribution < -0.4 is 5.73 Å². The van der Waals surface area contributed by atoms with E-state index in [4.69, 9.17) is 5.73 Å². The molecule has 2 aliphatic heterocycles. The number of nitrogens with two attached hydrogens (primary N) is 1. The number of rotatable bonds is 3. The number of hydrogen-bond acceptors (Lipinski definition) is 4. The second-order valence-electron chi connectivity index (χ2n) is 7.31. The van der Waals surface area contributed by atoms with Gasteiger partial charge in [-0.3, -0.25) is 4.79 Å². The van der Waals surface area contributed by atoms with Crippen LogP contribution in [0.1, 0.15) is 45.0 Å². The Morgan fingerprint density at radius 1 is 1.29 bits per heavy atom. The predicted octanol–water partition coefficient (Wildman–Crippen LogP) is 3.20. The van der Waals surface area contributed by atoms with Crippen LogP contribution in [0.5, 0.6) is 0 Å². The molecule has 2 heterocycles. The Bertz CT molecular complexity index is 737. The maximum Gasteiger partial charge on any atom is 0.445 e. The summed E-state index contributed by atoms with van der Waals surface area (Å²) in [6, 6.07) is 6.85. The number of hydrogen-bond donors (Lipinski definition) is 1. The van der Waals surface area contributed by atoms with Crippen molar-refractivity contribution in [1.29, 1.82) is 0 Å². The van der Waals surface area contributed by atoms with Gasteiger partial charge in [0.05, 0.1) is 4.75 Å². The smallest absolute Gasteiger partial charge is 0.319 e. The van der Waals surface area contributed by atoms with E-state index in [9.17, 15) is 9.59 Å². The number of nitrogens with zero attached hydrogens (tertiary/aromatic N) is 2. The molecule has 5 nitrogen and oxygen atoms in total. The Hall–Kier alpha value is -1.82. The summed E-state index contributed by atoms with van der Waals surface area (Å²) in [5, 5.41) is 0.109. The van der Waals surface area contributed by atoms with Crippen LogP contribution in [0.15, 0.2) is 24.3 Å². The quantitative estimate of drug-likeness (QED) is 0.674. The zero-order chi connectivity index (χ0) is 17.8. The number of thioether (sulfide) groups is 1. The van der Waals surface area contributed by atoms with Gasteiger partial charge in [-0.25, -0.2) is 9.69 Å². The van der Waals surface area contributed by atoms with Crippen molar-refractivity contribution in [3.8, 4) is 0 Å². The molecule has 1 aromatic rings. The molecule has 0 aliphatic carbocycles. The van der Waals surface area contributed by atoms with Crippen LogP contribution >= 0.6 is 11.8 Å². The predicted molar refractivity (Wildman–Crippen MR) is 96.9 cm³/mol. The van der Waals surface area contributed by atoms with Gasteiger partial charge in [0.1, 0.15) is 11.1 Å². The Morgan fingerprint density at radius 3 is 2.38 bits per heavy atom. The summed E-state index contributed by atoms with van der Waals surface area (Å²) < 4.78 is 1.45. The van der Waals surface area contributed by atoms with Crippen molar-refractivity contribution in [2.75, 3.05) is 0 Å². The molecule has 0 saturated carbocycles. The summed E-state index contributed by atoms with van der Waals surface area (Å²) in [7, 11) is 0. The number of urea groups is 1. The summed E-state index contributed by atoms with van der Waals surface area (Å²) >= 11 is 1.81. The number of carbonyl (C=O) groups is 2. The minimum Gasteiger partial charge on any atom is -0.319 e. The molecule has 0 aromatic heterocycles. The molecule has 1 aromatic carbocycles. The minimum atomic E-state index is -0.136. The van der Waals surface area contributed by atoms with Gasteiger partial charge in [0.15, 0.2) is 11.8 Å². The third-order valence-corrected chi connectivity index (χ3v) is 6.53. The fraction of sp³-hybridized carbons (Fsp3) is 0.500. The fourth-order valence-corrected chi connectivity index (χ4v) is 5.13. The van der Waals surface area contributed by atoms with E-state index in [1.165, 1.54) is 6.92 Å². The first kappa shape index (κ1) is 17.0. The average molecular weight is 346 g/mol. The molecule has 3 rings (SSSR count). The van der Waals surface area contributed by atoms with Crippen LogP contribution in [-0.2, 0) is 0 Å². The van der Waals surface area contributed by atoms with Gasteiger partial charge in [0, 0.05) is 5.56 Å². The van der Waals surface area contributed by atoms with Crippen molar-refractivity contribution in [1.82, 2.24) is 4.90 Å². The first-order valence-corrected chi connectivity index (χ1v) is 9.06. The van der Waals surface area contributed by atoms with Crippen LogP contribution in [0.4, 0.5) is 10.5 Å². The van der Waals surface area contributed by atoms with Crippen LogP contribution in [0, 0.1) is 5.92 Å². The lowest BCUT2D eigenvalue weighted by molar-refractivity contribution is -0.333. The van der Waals surface area contributed by atoms with Gasteiger partial charge in [-0.15, -0.1) is 11.8 Å². The fourth-order valence-electron chi connectivity index (χ4n) is 3.54. The number of Topliss-reactive ketones (excluding diaryl/α,β-unsaturated/α-hetero) is 1. The van der Waals surface area contributed by atoms with Crippen LogP contribution in [0.25, 0.3) is 0 Å². The lowest BCUT2D eigenvalue weighted by Crippen LogP contribution is -2.47. The molecular formula is C18H24N3O2S+. The van der Waals surface area contributed by atoms with E-state index >= 15 is 0 Å². The number of fused-ring (bicyclic) bond motifs is 1. The zero-order valence-electron chi connectivity index (χ0n) is 14.7. The Balaban J connectivity index is 2.05. The van der Waals surface area contributed by atoms with Gasteiger partial charge in [-0.2, -0.15) is 4.58 Å². The highest BCUT2D eigenvalue weighted by Crippen LogP contribution is 2.49. The van der Waals surface area contributed by atoms with E-state index in [2.05, 4.69) is 27.7 Å². The molecule has 128 valence electrons. The molecule has 0 spiro atoms. The lowest BCUT2D eigenvalue weighted by Gasteiger charge is -2.20. The first-order valence-electron chi connectivity index (χ1n) is 8.18. The Labute approximate surface area is 146 Å². The molecule has 2 N–H and O–H groups in total. The SMILES string of the molecule is CC(=O)c1ccc([N+]2=C(N)C3N(C2=O)C(C(C)C)SC3(C)C)cc1. The van der Waals surface area contributed by atoms with Crippen LogP contribution in [-0.4, -0.2) is 43.3 Å². The van der Waals surface area contributed by atoms with E-state index in [-0.39, 0.29) is 28.0 Å². The third-order valence-electron chi connectivity index (χ3n) is 4.69. The molecule has 2 amide bonds. The van der Waals surface area contributed by atoms with E-state index in [0.717, 1.165) is 0 Å². The van der Waals surface area contributed by atoms with E-state index in [0.29, 0.717) is 23.0 Å². The van der Waals surface area contributed by atoms with Crippen molar-refractivity contribution < 1.29 is 14.2 Å². The zero-order valence-corrected chi connectivity index (χ0v) is 15.6. The molecule has 2 atom stereocenters. The summed E-state index contributed by atoms with van der Waals surface area (Å²) in [5.41, 5.74) is 7.76. The maximum atomic E-state index is 13.1. The van der Waals surface area contributed by atoms with Gasteiger partial charge in [-0.1, -0.05) is 13.8 Å². The number of amidine groups is 1. The first-order chi connectivity index (χ1) is 11.1. The maximum absolute atomic E-state index is 13.1.